The number of ether oxygens (including phenoxy) is 2. The molecule has 0 bridgehead atoms. The number of carbonyl (C=O) groups is 4. The van der Waals surface area contributed by atoms with Crippen LogP contribution in [-0.4, -0.2) is 53.0 Å². The van der Waals surface area contributed by atoms with Crippen LogP contribution in [0.5, 0.6) is 0 Å². The van der Waals surface area contributed by atoms with Crippen molar-refractivity contribution in [3.8, 4) is 0 Å². The number of alkyl carbamates (subject to hydrolysis) is 1. The lowest BCUT2D eigenvalue weighted by molar-refractivity contribution is -0.145. The fourth-order valence-corrected chi connectivity index (χ4v) is 6.18. The van der Waals surface area contributed by atoms with E-state index in [1.165, 1.54) is 51.4 Å². The van der Waals surface area contributed by atoms with Crippen molar-refractivity contribution in [3.63, 3.8) is 0 Å². The molecular weight excluding hydrogens is 642 g/mol. The first-order valence-electron chi connectivity index (χ1n) is 19.3. The fourth-order valence-electron chi connectivity index (χ4n) is 6.18. The Morgan fingerprint density at radius 2 is 1.29 bits per heavy atom. The first kappa shape index (κ1) is 43.3. The van der Waals surface area contributed by atoms with Crippen LogP contribution in [0.15, 0.2) is 60.7 Å². The third kappa shape index (κ3) is 20.5. The molecule has 0 heterocycles. The summed E-state index contributed by atoms with van der Waals surface area (Å²) in [7, 11) is 0. The molecule has 0 fully saturated rings. The van der Waals surface area contributed by atoms with E-state index in [2.05, 4.69) is 12.2 Å². The monoisotopic (exact) mass is 707 g/mol. The van der Waals surface area contributed by atoms with Crippen LogP contribution in [0.2, 0.25) is 0 Å². The van der Waals surface area contributed by atoms with Crippen LogP contribution in [0.3, 0.4) is 0 Å². The zero-order valence-corrected chi connectivity index (χ0v) is 31.8. The third-order valence-corrected chi connectivity index (χ3v) is 8.89. The predicted octanol–water partition coefficient (Wildman–Crippen LogP) is 8.81. The van der Waals surface area contributed by atoms with Crippen LogP contribution < -0.4 is 11.1 Å². The number of hydrogen-bond acceptors (Lipinski definition) is 6. The molecule has 0 saturated carbocycles. The molecule has 0 aliphatic heterocycles. The summed E-state index contributed by atoms with van der Waals surface area (Å²) in [6.45, 7) is 8.03. The Bertz CT molecular complexity index is 1260. The molecule has 0 spiro atoms. The lowest BCUT2D eigenvalue weighted by Gasteiger charge is -2.35. The molecule has 9 nitrogen and oxygen atoms in total. The molecule has 0 aliphatic rings. The molecule has 3 amide bonds. The highest BCUT2D eigenvalue weighted by molar-refractivity contribution is 5.86. The zero-order chi connectivity index (χ0) is 37.3. The molecule has 51 heavy (non-hydrogen) atoms. The molecular formula is C42H65N3O6. The highest BCUT2D eigenvalue weighted by atomic mass is 16.6. The smallest absolute Gasteiger partial charge is 0.408 e. The summed E-state index contributed by atoms with van der Waals surface area (Å²) in [5.41, 5.74) is 6.93. The Labute approximate surface area is 307 Å². The number of nitrogens with zero attached hydrogens (tertiary/aromatic N) is 1. The minimum Gasteiger partial charge on any atom is -0.461 e. The Morgan fingerprint density at radius 1 is 0.745 bits per heavy atom. The van der Waals surface area contributed by atoms with E-state index < -0.39 is 29.7 Å². The van der Waals surface area contributed by atoms with Crippen molar-refractivity contribution in [1.82, 2.24) is 10.2 Å². The Balaban J connectivity index is 2.14. The summed E-state index contributed by atoms with van der Waals surface area (Å²) in [6.07, 6.45) is 14.3. The molecule has 2 aromatic carbocycles. The van der Waals surface area contributed by atoms with Gasteiger partial charge in [0.05, 0.1) is 0 Å². The first-order valence-corrected chi connectivity index (χ1v) is 19.3. The second kappa shape index (κ2) is 25.1. The van der Waals surface area contributed by atoms with Gasteiger partial charge in [0.15, 0.2) is 0 Å². The van der Waals surface area contributed by atoms with Crippen molar-refractivity contribution in [3.05, 3.63) is 71.8 Å². The number of unbranched alkanes of at least 4 members (excludes halogenated alkanes) is 10. The predicted molar refractivity (Wildman–Crippen MR) is 204 cm³/mol. The molecule has 2 aromatic rings. The largest absolute Gasteiger partial charge is 0.461 e. The van der Waals surface area contributed by atoms with Crippen LogP contribution in [0.4, 0.5) is 4.79 Å². The normalized spacial score (nSPS) is 12.5. The number of nitrogens with two attached hydrogens (primary N) is 1. The number of benzene rings is 2. The summed E-state index contributed by atoms with van der Waals surface area (Å²) in [6, 6.07) is 17.9. The average molecular weight is 708 g/mol. The maximum atomic E-state index is 14.5. The quantitative estimate of drug-likeness (QED) is 0.0743. The molecule has 0 aromatic heterocycles. The van der Waals surface area contributed by atoms with Gasteiger partial charge in [0.2, 0.25) is 11.8 Å². The SMILES string of the molecule is CCCCCCCCCCCCC[C@@H](CC(N)=O)N(CCc1ccccc1)C(=O)[C@H](CCCC(=O)OCc1ccccc1)NC(=O)OC(C)(C)C. The van der Waals surface area contributed by atoms with E-state index >= 15 is 0 Å². The molecule has 0 radical (unpaired) electrons. The van der Waals surface area contributed by atoms with Gasteiger partial charge >= 0.3 is 12.1 Å². The van der Waals surface area contributed by atoms with Gasteiger partial charge in [0, 0.05) is 25.4 Å². The van der Waals surface area contributed by atoms with Crippen molar-refractivity contribution in [2.45, 2.75) is 161 Å². The number of nitrogens with one attached hydrogen (secondary N) is 1. The van der Waals surface area contributed by atoms with E-state index in [-0.39, 0.29) is 37.7 Å². The first-order chi connectivity index (χ1) is 24.5. The molecule has 0 saturated heterocycles. The van der Waals surface area contributed by atoms with Gasteiger partial charge in [-0.2, -0.15) is 0 Å². The summed E-state index contributed by atoms with van der Waals surface area (Å²) in [5, 5.41) is 2.78. The highest BCUT2D eigenvalue weighted by Crippen LogP contribution is 2.20. The number of amides is 3. The third-order valence-electron chi connectivity index (χ3n) is 8.89. The Kier molecular flexibility index (Phi) is 21.3. The van der Waals surface area contributed by atoms with Gasteiger partial charge in [-0.05, 0) is 57.6 Å². The number of hydrogen-bond donors (Lipinski definition) is 2. The molecule has 2 rings (SSSR count). The molecule has 0 unspecified atom stereocenters. The van der Waals surface area contributed by atoms with Gasteiger partial charge in [-0.15, -0.1) is 0 Å². The Hall–Kier alpha value is -3.88. The molecule has 3 N–H and O–H groups in total. The second-order valence-corrected chi connectivity index (χ2v) is 14.7. The van der Waals surface area contributed by atoms with E-state index in [1.807, 2.05) is 60.7 Å². The summed E-state index contributed by atoms with van der Waals surface area (Å²) in [5.74, 6) is -1.17. The van der Waals surface area contributed by atoms with E-state index in [0.29, 0.717) is 25.8 Å². The fraction of sp³-hybridized carbons (Fsp3) is 0.619. The topological polar surface area (TPSA) is 128 Å². The van der Waals surface area contributed by atoms with Gasteiger partial charge in [0.1, 0.15) is 18.2 Å². The van der Waals surface area contributed by atoms with Gasteiger partial charge in [-0.3, -0.25) is 14.4 Å². The van der Waals surface area contributed by atoms with Crippen molar-refractivity contribution in [2.75, 3.05) is 6.54 Å². The van der Waals surface area contributed by atoms with Gasteiger partial charge < -0.3 is 25.4 Å². The molecule has 2 atom stereocenters. The molecule has 0 aliphatic carbocycles. The summed E-state index contributed by atoms with van der Waals surface area (Å²) >= 11 is 0. The van der Waals surface area contributed by atoms with Crippen LogP contribution in [-0.2, 0) is 36.9 Å². The number of primary amides is 1. The summed E-state index contributed by atoms with van der Waals surface area (Å²) < 4.78 is 11.0. The van der Waals surface area contributed by atoms with Gasteiger partial charge in [-0.1, -0.05) is 138 Å². The van der Waals surface area contributed by atoms with Crippen molar-refractivity contribution < 1.29 is 28.7 Å². The molecule has 284 valence electrons. The standard InChI is InChI=1S/C42H65N3O6/c1-5-6-7-8-9-10-11-12-13-14-21-27-36(32-38(43)46)45(31-30-34-23-17-15-18-24-34)40(48)37(44-41(49)51-42(2,3)4)28-22-29-39(47)50-33-35-25-19-16-20-26-35/h15-20,23-26,36-37H,5-14,21-22,27-33H2,1-4H3,(H2,43,46)(H,44,49)/t36-,37-/m0/s1. The number of carbonyl (C=O) groups excluding carboxylic acids is 4. The van der Waals surface area contributed by atoms with Crippen molar-refractivity contribution >= 4 is 23.9 Å². The lowest BCUT2D eigenvalue weighted by Crippen LogP contribution is -2.53. The van der Waals surface area contributed by atoms with Crippen molar-refractivity contribution in [2.24, 2.45) is 5.73 Å². The van der Waals surface area contributed by atoms with Crippen LogP contribution >= 0.6 is 0 Å². The average Bonchev–Trinajstić information content (AvgIpc) is 3.09. The van der Waals surface area contributed by atoms with Gasteiger partial charge in [-0.25, -0.2) is 4.79 Å². The Morgan fingerprint density at radius 3 is 1.84 bits per heavy atom. The number of esters is 1. The summed E-state index contributed by atoms with van der Waals surface area (Å²) in [4.78, 5) is 54.2. The lowest BCUT2D eigenvalue weighted by atomic mass is 9.98. The van der Waals surface area contributed by atoms with E-state index in [9.17, 15) is 19.2 Å². The maximum Gasteiger partial charge on any atom is 0.408 e. The van der Waals surface area contributed by atoms with E-state index in [4.69, 9.17) is 15.2 Å². The van der Waals surface area contributed by atoms with Gasteiger partial charge in [0.25, 0.3) is 0 Å². The minimum atomic E-state index is -0.967. The minimum absolute atomic E-state index is 0.0310. The van der Waals surface area contributed by atoms with Crippen LogP contribution in [0.1, 0.15) is 142 Å². The maximum absolute atomic E-state index is 14.5. The van der Waals surface area contributed by atoms with E-state index in [1.54, 1.807) is 25.7 Å². The van der Waals surface area contributed by atoms with E-state index in [0.717, 1.165) is 30.4 Å². The molecule has 9 heteroatoms. The van der Waals surface area contributed by atoms with Crippen LogP contribution in [0, 0.1) is 0 Å². The second-order valence-electron chi connectivity index (χ2n) is 14.7. The zero-order valence-electron chi connectivity index (χ0n) is 31.8. The highest BCUT2D eigenvalue weighted by Gasteiger charge is 2.32. The van der Waals surface area contributed by atoms with Crippen molar-refractivity contribution in [1.29, 1.82) is 0 Å². The van der Waals surface area contributed by atoms with Crippen LogP contribution in [0.25, 0.3) is 0 Å². The number of rotatable bonds is 26.